The second-order valence-electron chi connectivity index (χ2n) is 11.4. The van der Waals surface area contributed by atoms with Crippen LogP contribution in [0.2, 0.25) is 0 Å². The molecule has 4 heteroatoms. The van der Waals surface area contributed by atoms with Crippen LogP contribution in [0.3, 0.4) is 0 Å². The third-order valence-corrected chi connectivity index (χ3v) is 8.42. The third-order valence-electron chi connectivity index (χ3n) is 8.42. The van der Waals surface area contributed by atoms with Gasteiger partial charge in [0.05, 0.1) is 0 Å². The highest BCUT2D eigenvalue weighted by Gasteiger charge is 2.22. The zero-order valence-corrected chi connectivity index (χ0v) is 23.9. The molecule has 38 heavy (non-hydrogen) atoms. The van der Waals surface area contributed by atoms with Crippen molar-refractivity contribution >= 4 is 22.8 Å². The summed E-state index contributed by atoms with van der Waals surface area (Å²) in [5.41, 5.74) is 19.3. The second-order valence-corrected chi connectivity index (χ2v) is 11.4. The first kappa shape index (κ1) is 28.1. The molecule has 0 aliphatic carbocycles. The average molecular weight is 515 g/mol. The van der Waals surface area contributed by atoms with E-state index in [0.29, 0.717) is 12.1 Å². The fourth-order valence-corrected chi connectivity index (χ4v) is 6.23. The molecule has 2 aromatic carbocycles. The Balaban J connectivity index is 0.987. The molecule has 0 fully saturated rings. The zero-order valence-electron chi connectivity index (χ0n) is 23.9. The monoisotopic (exact) mass is 514 g/mol. The van der Waals surface area contributed by atoms with E-state index < -0.39 is 0 Å². The Morgan fingerprint density at radius 1 is 0.500 bits per heavy atom. The van der Waals surface area contributed by atoms with E-state index in [1.165, 1.54) is 99.6 Å². The van der Waals surface area contributed by atoms with Gasteiger partial charge in [-0.1, -0.05) is 101 Å². The molecule has 4 rings (SSSR count). The van der Waals surface area contributed by atoms with Crippen molar-refractivity contribution in [1.29, 1.82) is 0 Å². The minimum atomic E-state index is 0.381. The molecule has 2 aliphatic rings. The van der Waals surface area contributed by atoms with Crippen molar-refractivity contribution in [3.05, 3.63) is 71.8 Å². The van der Waals surface area contributed by atoms with Gasteiger partial charge in [-0.2, -0.15) is 0 Å². The van der Waals surface area contributed by atoms with E-state index in [0.717, 1.165) is 24.5 Å². The molecule has 2 heterocycles. The second kappa shape index (κ2) is 14.3. The van der Waals surface area contributed by atoms with Gasteiger partial charge in [-0.25, -0.2) is 0 Å². The molecule has 4 nitrogen and oxygen atoms in total. The quantitative estimate of drug-likeness (QED) is 0.236. The summed E-state index contributed by atoms with van der Waals surface area (Å²) in [5.74, 6) is 0. The summed E-state index contributed by atoms with van der Waals surface area (Å²) >= 11 is 0. The maximum atomic E-state index is 6.25. The van der Waals surface area contributed by atoms with E-state index in [4.69, 9.17) is 11.5 Å². The number of rotatable bonds is 15. The van der Waals surface area contributed by atoms with Gasteiger partial charge in [-0.3, -0.25) is 0 Å². The minimum Gasteiger partial charge on any atom is -0.398 e. The number of anilines is 2. The molecule has 206 valence electrons. The zero-order chi connectivity index (χ0) is 26.7. The maximum absolute atomic E-state index is 6.25. The Morgan fingerprint density at radius 3 is 1.18 bits per heavy atom. The van der Waals surface area contributed by atoms with Gasteiger partial charge < -0.3 is 21.3 Å². The molecule has 2 unspecified atom stereocenters. The van der Waals surface area contributed by atoms with E-state index >= 15 is 0 Å². The van der Waals surface area contributed by atoms with Gasteiger partial charge in [0.25, 0.3) is 0 Å². The first-order valence-electron chi connectivity index (χ1n) is 15.2. The lowest BCUT2D eigenvalue weighted by atomic mass is 10.00. The van der Waals surface area contributed by atoms with E-state index in [1.54, 1.807) is 0 Å². The lowest BCUT2D eigenvalue weighted by molar-refractivity contribution is 0.535. The molecule has 4 N–H and O–H groups in total. The summed E-state index contributed by atoms with van der Waals surface area (Å²) in [5, 5.41) is 0. The van der Waals surface area contributed by atoms with Gasteiger partial charge in [0.1, 0.15) is 0 Å². The smallest absolute Gasteiger partial charge is 0.0467 e. The Labute approximate surface area is 231 Å². The van der Waals surface area contributed by atoms with Crippen LogP contribution >= 0.6 is 0 Å². The molecule has 0 saturated carbocycles. The summed E-state index contributed by atoms with van der Waals surface area (Å²) in [7, 11) is 0. The van der Waals surface area contributed by atoms with Crippen LogP contribution in [0, 0.1) is 0 Å². The minimum absolute atomic E-state index is 0.381. The van der Waals surface area contributed by atoms with Crippen molar-refractivity contribution in [2.75, 3.05) is 22.9 Å². The number of hydrogen-bond donors (Lipinski definition) is 2. The molecule has 0 spiro atoms. The van der Waals surface area contributed by atoms with Gasteiger partial charge in [0, 0.05) is 59.1 Å². The number of nitrogens with two attached hydrogens (primary N) is 2. The first-order valence-corrected chi connectivity index (χ1v) is 15.2. The molecular weight excluding hydrogens is 464 g/mol. The van der Waals surface area contributed by atoms with Gasteiger partial charge in [0.15, 0.2) is 0 Å². The highest BCUT2D eigenvalue weighted by Crippen LogP contribution is 2.33. The van der Waals surface area contributed by atoms with Crippen LogP contribution in [0.4, 0.5) is 11.4 Å². The molecule has 0 saturated heterocycles. The molecule has 2 atom stereocenters. The molecule has 0 bridgehead atoms. The van der Waals surface area contributed by atoms with Crippen LogP contribution in [0.25, 0.3) is 11.4 Å². The topological polar surface area (TPSA) is 58.5 Å². The van der Waals surface area contributed by atoms with Crippen LogP contribution in [0.5, 0.6) is 0 Å². The number of para-hydroxylation sites is 2. The van der Waals surface area contributed by atoms with Crippen LogP contribution in [0.15, 0.2) is 60.7 Å². The SMILES string of the molecule is CC1C=C(N)c2ccccc2N1CCCCCCCCCCCCCCN1c2ccccc2C(N)=CC1C. The third kappa shape index (κ3) is 7.36. The van der Waals surface area contributed by atoms with Gasteiger partial charge in [-0.05, 0) is 51.0 Å². The normalized spacial score (nSPS) is 18.6. The van der Waals surface area contributed by atoms with Crippen molar-refractivity contribution in [3.63, 3.8) is 0 Å². The van der Waals surface area contributed by atoms with Crippen molar-refractivity contribution in [2.45, 2.75) is 103 Å². The van der Waals surface area contributed by atoms with Crippen molar-refractivity contribution in [1.82, 2.24) is 0 Å². The number of unbranched alkanes of at least 4 members (excludes halogenated alkanes) is 11. The number of nitrogens with zero attached hydrogens (tertiary/aromatic N) is 2. The summed E-state index contributed by atoms with van der Waals surface area (Å²) in [6.45, 7) is 6.75. The lowest BCUT2D eigenvalue weighted by Gasteiger charge is -2.35. The predicted molar refractivity (Wildman–Crippen MR) is 166 cm³/mol. The summed E-state index contributed by atoms with van der Waals surface area (Å²) in [6, 6.07) is 17.9. The number of hydrogen-bond acceptors (Lipinski definition) is 4. The van der Waals surface area contributed by atoms with E-state index in [9.17, 15) is 0 Å². The fourth-order valence-electron chi connectivity index (χ4n) is 6.23. The standard InChI is InChI=1S/C34H50N4/c1-27-25-31(35)29-19-13-15-21-33(29)37(27)23-17-11-9-7-5-3-4-6-8-10-12-18-24-38-28(2)26-32(36)30-20-14-16-22-34(30)38/h13-16,19-22,25-28H,3-12,17-18,23-24,35-36H2,1-2H3. The van der Waals surface area contributed by atoms with Gasteiger partial charge in [-0.15, -0.1) is 0 Å². The summed E-state index contributed by atoms with van der Waals surface area (Å²) in [4.78, 5) is 5.04. The Hall–Kier alpha value is -2.88. The van der Waals surface area contributed by atoms with Crippen LogP contribution in [-0.2, 0) is 0 Å². The lowest BCUT2D eigenvalue weighted by Crippen LogP contribution is -2.36. The van der Waals surface area contributed by atoms with E-state index in [1.807, 2.05) is 0 Å². The van der Waals surface area contributed by atoms with Gasteiger partial charge in [0.2, 0.25) is 0 Å². The fraction of sp³-hybridized carbons (Fsp3) is 0.529. The molecule has 2 aromatic rings. The van der Waals surface area contributed by atoms with Crippen LogP contribution < -0.4 is 21.3 Å². The van der Waals surface area contributed by atoms with Crippen LogP contribution in [-0.4, -0.2) is 25.2 Å². The molecule has 2 aliphatic heterocycles. The van der Waals surface area contributed by atoms with Crippen molar-refractivity contribution in [2.24, 2.45) is 11.5 Å². The molecule has 0 radical (unpaired) electrons. The van der Waals surface area contributed by atoms with E-state index in [2.05, 4.69) is 84.3 Å². The summed E-state index contributed by atoms with van der Waals surface area (Å²) in [6.07, 6.45) is 20.6. The molecule has 0 aromatic heterocycles. The largest absolute Gasteiger partial charge is 0.398 e. The summed E-state index contributed by atoms with van der Waals surface area (Å²) < 4.78 is 0. The molecular formula is C34H50N4. The molecule has 0 amide bonds. The predicted octanol–water partition coefficient (Wildman–Crippen LogP) is 8.08. The highest BCUT2D eigenvalue weighted by molar-refractivity contribution is 5.80. The Kier molecular flexibility index (Phi) is 10.6. The maximum Gasteiger partial charge on any atom is 0.0467 e. The number of fused-ring (bicyclic) bond motifs is 2. The van der Waals surface area contributed by atoms with Crippen molar-refractivity contribution in [3.8, 4) is 0 Å². The Bertz CT molecular complexity index is 986. The Morgan fingerprint density at radius 2 is 0.816 bits per heavy atom. The van der Waals surface area contributed by atoms with Crippen LogP contribution in [0.1, 0.15) is 102 Å². The highest BCUT2D eigenvalue weighted by atomic mass is 15.2. The first-order chi connectivity index (χ1) is 18.6. The van der Waals surface area contributed by atoms with Crippen molar-refractivity contribution < 1.29 is 0 Å². The number of benzene rings is 2. The van der Waals surface area contributed by atoms with Gasteiger partial charge >= 0.3 is 0 Å². The average Bonchev–Trinajstić information content (AvgIpc) is 2.92. The van der Waals surface area contributed by atoms with E-state index in [-0.39, 0.29) is 0 Å².